The van der Waals surface area contributed by atoms with Crippen LogP contribution in [0.2, 0.25) is 5.15 Å². The van der Waals surface area contributed by atoms with Crippen molar-refractivity contribution >= 4 is 28.3 Å². The van der Waals surface area contributed by atoms with Gasteiger partial charge in [0.1, 0.15) is 24.1 Å². The first-order valence-corrected chi connectivity index (χ1v) is 13.4. The highest BCUT2D eigenvalue weighted by molar-refractivity contribution is 6.30. The van der Waals surface area contributed by atoms with Gasteiger partial charge in [0.05, 0.1) is 16.6 Å². The predicted molar refractivity (Wildman–Crippen MR) is 129 cm³/mol. The summed E-state index contributed by atoms with van der Waals surface area (Å²) in [5.74, 6) is 0.417. The van der Waals surface area contributed by atoms with Crippen molar-refractivity contribution in [1.82, 2.24) is 25.2 Å². The fourth-order valence-electron chi connectivity index (χ4n) is 7.65. The molecule has 7 nitrogen and oxygen atoms in total. The molecule has 0 aliphatic carbocycles. The highest BCUT2D eigenvalue weighted by Crippen LogP contribution is 2.44. The van der Waals surface area contributed by atoms with Gasteiger partial charge in [-0.3, -0.25) is 4.90 Å². The van der Waals surface area contributed by atoms with Crippen LogP contribution >= 0.6 is 11.6 Å². The molecule has 5 aliphatic rings. The van der Waals surface area contributed by atoms with Crippen molar-refractivity contribution in [1.29, 1.82) is 0 Å². The van der Waals surface area contributed by atoms with Crippen molar-refractivity contribution in [2.75, 3.05) is 31.1 Å². The topological polar surface area (TPSA) is 66.4 Å². The van der Waals surface area contributed by atoms with E-state index in [-0.39, 0.29) is 28.3 Å². The minimum absolute atomic E-state index is 0.141. The Kier molecular flexibility index (Phi) is 5.16. The largest absolute Gasteiger partial charge is 0.461 e. The van der Waals surface area contributed by atoms with Crippen molar-refractivity contribution in [3.05, 3.63) is 16.7 Å². The maximum atomic E-state index is 15.4. The van der Waals surface area contributed by atoms with Crippen molar-refractivity contribution in [3.63, 3.8) is 0 Å². The fraction of sp³-hybridized carbons (Fsp3) is 0.720. The SMILES string of the molecule is CC[C@@H]1Cc2nc(Cl)c(F)c3nc(OC[C@@]45CCCN4C[C@H](F)C5)nc(c23)N2C[C@H]3CC[C@H](N3)[C@H]12. The van der Waals surface area contributed by atoms with Gasteiger partial charge in [0, 0.05) is 37.6 Å². The molecule has 2 aromatic rings. The number of fused-ring (bicyclic) bond motifs is 6. The summed E-state index contributed by atoms with van der Waals surface area (Å²) in [6.07, 6.45) is 5.50. The molecule has 2 bridgehead atoms. The summed E-state index contributed by atoms with van der Waals surface area (Å²) in [6.45, 7) is 4.66. The number of halogens is 3. The Morgan fingerprint density at radius 1 is 1.23 bits per heavy atom. The molecule has 6 atom stereocenters. The molecule has 7 heterocycles. The standard InChI is InChI=1S/C25H31ClF2N6O/c1-2-13-8-17-18-20(19(28)22(26)30-17)31-24(35-12-25-6-3-7-33(25)10-14(27)9-25)32-23(18)34-11-15-4-5-16(29-15)21(13)34/h13-16,21,29H,2-12H2,1H3/t13-,14-,15-,16+,21+,25+/m1/s1. The molecule has 35 heavy (non-hydrogen) atoms. The molecule has 0 saturated carbocycles. The van der Waals surface area contributed by atoms with Gasteiger partial charge in [-0.15, -0.1) is 0 Å². The van der Waals surface area contributed by atoms with E-state index in [4.69, 9.17) is 21.3 Å². The highest BCUT2D eigenvalue weighted by Gasteiger charge is 2.50. The van der Waals surface area contributed by atoms with E-state index >= 15 is 4.39 Å². The van der Waals surface area contributed by atoms with Gasteiger partial charge >= 0.3 is 6.01 Å². The van der Waals surface area contributed by atoms with Crippen molar-refractivity contribution in [3.8, 4) is 6.01 Å². The lowest BCUT2D eigenvalue weighted by atomic mass is 9.86. The lowest BCUT2D eigenvalue weighted by Crippen LogP contribution is -2.60. The second-order valence-electron chi connectivity index (χ2n) is 11.1. The zero-order valence-corrected chi connectivity index (χ0v) is 20.7. The Morgan fingerprint density at radius 2 is 2.11 bits per heavy atom. The van der Waals surface area contributed by atoms with Crippen LogP contribution in [0.15, 0.2) is 0 Å². The average molecular weight is 505 g/mol. The number of rotatable bonds is 4. The van der Waals surface area contributed by atoms with Crippen molar-refractivity contribution < 1.29 is 13.5 Å². The molecule has 5 aliphatic heterocycles. The molecule has 7 rings (SSSR count). The number of pyridine rings is 1. The van der Waals surface area contributed by atoms with E-state index in [1.807, 2.05) is 0 Å². The van der Waals surface area contributed by atoms with E-state index in [0.29, 0.717) is 55.2 Å². The maximum Gasteiger partial charge on any atom is 0.319 e. The Morgan fingerprint density at radius 3 is 2.97 bits per heavy atom. The fourth-order valence-corrected chi connectivity index (χ4v) is 7.84. The Labute approximate surface area is 208 Å². The number of nitrogens with one attached hydrogen (secondary N) is 1. The zero-order chi connectivity index (χ0) is 23.9. The quantitative estimate of drug-likeness (QED) is 0.637. The molecule has 1 N–H and O–H groups in total. The van der Waals surface area contributed by atoms with E-state index in [1.165, 1.54) is 0 Å². The van der Waals surface area contributed by atoms with E-state index in [2.05, 4.69) is 32.0 Å². The van der Waals surface area contributed by atoms with Gasteiger partial charge in [-0.2, -0.15) is 9.97 Å². The monoisotopic (exact) mass is 504 g/mol. The lowest BCUT2D eigenvalue weighted by Gasteiger charge is -2.44. The van der Waals surface area contributed by atoms with Crippen LogP contribution in [0.5, 0.6) is 6.01 Å². The van der Waals surface area contributed by atoms with Gasteiger partial charge in [-0.05, 0) is 44.6 Å². The molecule has 4 fully saturated rings. The third kappa shape index (κ3) is 3.37. The number of aromatic nitrogens is 3. The molecule has 10 heteroatoms. The van der Waals surface area contributed by atoms with E-state index in [9.17, 15) is 4.39 Å². The van der Waals surface area contributed by atoms with E-state index in [1.54, 1.807) is 0 Å². The Hall–Kier alpha value is -1.84. The van der Waals surface area contributed by atoms with Gasteiger partial charge in [0.2, 0.25) is 0 Å². The third-order valence-corrected chi connectivity index (χ3v) is 9.46. The molecule has 188 valence electrons. The summed E-state index contributed by atoms with van der Waals surface area (Å²) in [5, 5.41) is 4.29. The zero-order valence-electron chi connectivity index (χ0n) is 19.9. The minimum atomic E-state index is -0.839. The summed E-state index contributed by atoms with van der Waals surface area (Å²) in [6, 6.07) is 1.14. The number of nitrogens with zero attached hydrogens (tertiary/aromatic N) is 5. The summed E-state index contributed by atoms with van der Waals surface area (Å²) < 4.78 is 35.8. The molecular weight excluding hydrogens is 474 g/mol. The number of alkyl halides is 1. The minimum Gasteiger partial charge on any atom is -0.461 e. The van der Waals surface area contributed by atoms with Gasteiger partial charge in [-0.1, -0.05) is 24.9 Å². The summed E-state index contributed by atoms with van der Waals surface area (Å²) in [5.41, 5.74) is 0.619. The number of hydrogen-bond acceptors (Lipinski definition) is 7. The smallest absolute Gasteiger partial charge is 0.319 e. The van der Waals surface area contributed by atoms with E-state index < -0.39 is 12.0 Å². The summed E-state index contributed by atoms with van der Waals surface area (Å²) >= 11 is 6.27. The van der Waals surface area contributed by atoms with Crippen molar-refractivity contribution in [2.45, 2.75) is 81.7 Å². The highest BCUT2D eigenvalue weighted by atomic mass is 35.5. The van der Waals surface area contributed by atoms with Gasteiger partial charge in [-0.25, -0.2) is 13.8 Å². The van der Waals surface area contributed by atoms with Crippen LogP contribution in [0.3, 0.4) is 0 Å². The molecular formula is C25H31ClF2N6O. The third-order valence-electron chi connectivity index (χ3n) is 9.21. The second kappa shape index (κ2) is 8.08. The van der Waals surface area contributed by atoms with Gasteiger partial charge < -0.3 is 15.0 Å². The first-order chi connectivity index (χ1) is 17.0. The number of ether oxygens (including phenoxy) is 1. The molecule has 0 radical (unpaired) electrons. The number of piperazine rings is 1. The maximum absolute atomic E-state index is 15.4. The van der Waals surface area contributed by atoms with Gasteiger partial charge in [0.25, 0.3) is 0 Å². The Bertz CT molecular complexity index is 1180. The van der Waals surface area contributed by atoms with E-state index in [0.717, 1.165) is 50.9 Å². The average Bonchev–Trinajstić information content (AvgIpc) is 3.47. The van der Waals surface area contributed by atoms with Crippen LogP contribution in [0.1, 0.15) is 51.1 Å². The van der Waals surface area contributed by atoms with Crippen LogP contribution in [0, 0.1) is 11.7 Å². The molecule has 0 unspecified atom stereocenters. The summed E-state index contributed by atoms with van der Waals surface area (Å²) in [4.78, 5) is 18.5. The molecule has 0 amide bonds. The van der Waals surface area contributed by atoms with Gasteiger partial charge in [0.15, 0.2) is 11.0 Å². The number of anilines is 1. The van der Waals surface area contributed by atoms with Crippen LogP contribution in [-0.4, -0.2) is 75.9 Å². The summed E-state index contributed by atoms with van der Waals surface area (Å²) in [7, 11) is 0. The first kappa shape index (κ1) is 22.4. The molecule has 0 spiro atoms. The molecule has 2 aromatic heterocycles. The molecule has 0 aromatic carbocycles. The van der Waals surface area contributed by atoms with Crippen LogP contribution in [0.4, 0.5) is 14.6 Å². The van der Waals surface area contributed by atoms with Crippen LogP contribution in [-0.2, 0) is 6.42 Å². The van der Waals surface area contributed by atoms with Crippen molar-refractivity contribution in [2.24, 2.45) is 5.92 Å². The predicted octanol–water partition coefficient (Wildman–Crippen LogP) is 3.66. The second-order valence-corrected chi connectivity index (χ2v) is 11.5. The Balaban J connectivity index is 1.33. The molecule has 4 saturated heterocycles. The normalized spacial score (nSPS) is 35.9. The van der Waals surface area contributed by atoms with Crippen LogP contribution in [0.25, 0.3) is 10.9 Å². The lowest BCUT2D eigenvalue weighted by molar-refractivity contribution is 0.107. The van der Waals surface area contributed by atoms with Crippen LogP contribution < -0.4 is 15.0 Å². The first-order valence-electron chi connectivity index (χ1n) is 13.1. The number of hydrogen-bond donors (Lipinski definition) is 1.